The van der Waals surface area contributed by atoms with Gasteiger partial charge in [-0.3, -0.25) is 14.9 Å². The summed E-state index contributed by atoms with van der Waals surface area (Å²) in [5.74, 6) is -0.212. The first-order valence-corrected chi connectivity index (χ1v) is 12.7. The van der Waals surface area contributed by atoms with Crippen molar-refractivity contribution in [1.29, 1.82) is 0 Å². The number of amides is 1. The predicted molar refractivity (Wildman–Crippen MR) is 129 cm³/mol. The highest BCUT2D eigenvalue weighted by Crippen LogP contribution is 2.47. The van der Waals surface area contributed by atoms with Crippen molar-refractivity contribution in [2.24, 2.45) is 18.9 Å². The van der Waals surface area contributed by atoms with Crippen LogP contribution in [0.1, 0.15) is 81.3 Å². The molecule has 178 valence electrons. The number of carbonyl (C=O) groups is 2. The number of benzene rings is 1. The number of carboxylic acids is 1. The lowest BCUT2D eigenvalue weighted by atomic mass is 9.66. The zero-order valence-electron chi connectivity index (χ0n) is 20.1. The summed E-state index contributed by atoms with van der Waals surface area (Å²) in [6.45, 7) is 2.88. The summed E-state index contributed by atoms with van der Waals surface area (Å²) < 4.78 is 2.20. The van der Waals surface area contributed by atoms with Gasteiger partial charge in [-0.1, -0.05) is 19.1 Å². The zero-order chi connectivity index (χ0) is 23.3. The second-order valence-corrected chi connectivity index (χ2v) is 10.6. The van der Waals surface area contributed by atoms with E-state index in [9.17, 15) is 14.7 Å². The Morgan fingerprint density at radius 3 is 2.70 bits per heavy atom. The van der Waals surface area contributed by atoms with E-state index >= 15 is 0 Å². The summed E-state index contributed by atoms with van der Waals surface area (Å²) >= 11 is 0. The van der Waals surface area contributed by atoms with Gasteiger partial charge in [0.1, 0.15) is 0 Å². The lowest BCUT2D eigenvalue weighted by Crippen LogP contribution is -2.69. The highest BCUT2D eigenvalue weighted by Gasteiger charge is 2.53. The van der Waals surface area contributed by atoms with Gasteiger partial charge in [-0.2, -0.15) is 0 Å². The van der Waals surface area contributed by atoms with Crippen molar-refractivity contribution < 1.29 is 14.7 Å². The first-order valence-electron chi connectivity index (χ1n) is 12.7. The summed E-state index contributed by atoms with van der Waals surface area (Å²) in [6, 6.07) is 6.60. The quantitative estimate of drug-likeness (QED) is 0.674. The highest BCUT2D eigenvalue weighted by molar-refractivity contribution is 5.89. The van der Waals surface area contributed by atoms with E-state index < -0.39 is 11.6 Å². The van der Waals surface area contributed by atoms with Gasteiger partial charge in [0.25, 0.3) is 0 Å². The first-order chi connectivity index (χ1) is 15.9. The first kappa shape index (κ1) is 22.5. The molecule has 2 N–H and O–H groups in total. The van der Waals surface area contributed by atoms with Gasteiger partial charge in [0, 0.05) is 43.0 Å². The number of aliphatic carboxylic acids is 1. The van der Waals surface area contributed by atoms with Gasteiger partial charge in [0.15, 0.2) is 0 Å². The molecule has 4 unspecified atom stereocenters. The Labute approximate surface area is 196 Å². The van der Waals surface area contributed by atoms with Crippen LogP contribution < -0.4 is 5.32 Å². The van der Waals surface area contributed by atoms with Crippen LogP contribution in [-0.4, -0.2) is 45.7 Å². The van der Waals surface area contributed by atoms with Gasteiger partial charge in [0.2, 0.25) is 5.91 Å². The molecule has 2 heterocycles. The SMILES string of the molecule is CNC12CCCC(C(=O)O)C1CCCN2C(=O)CC(C)c1cn(C)c2cccc(C3CC3)c12. The van der Waals surface area contributed by atoms with Crippen LogP contribution in [-0.2, 0) is 16.6 Å². The maximum absolute atomic E-state index is 13.8. The van der Waals surface area contributed by atoms with E-state index in [-0.39, 0.29) is 23.7 Å². The fourth-order valence-electron chi connectivity index (χ4n) is 6.94. The van der Waals surface area contributed by atoms with Crippen molar-refractivity contribution in [3.63, 3.8) is 0 Å². The minimum absolute atomic E-state index is 0.0271. The number of nitrogens with zero attached hydrogens (tertiary/aromatic N) is 2. The summed E-state index contributed by atoms with van der Waals surface area (Å²) in [5.41, 5.74) is 3.41. The van der Waals surface area contributed by atoms with Gasteiger partial charge < -0.3 is 14.6 Å². The van der Waals surface area contributed by atoms with Crippen molar-refractivity contribution in [1.82, 2.24) is 14.8 Å². The Morgan fingerprint density at radius 2 is 2.00 bits per heavy atom. The average Bonchev–Trinajstić information content (AvgIpc) is 3.60. The van der Waals surface area contributed by atoms with Gasteiger partial charge in [-0.05, 0) is 81.0 Å². The van der Waals surface area contributed by atoms with Crippen LogP contribution in [0.15, 0.2) is 24.4 Å². The molecule has 3 fully saturated rings. The Hall–Kier alpha value is -2.34. The second kappa shape index (κ2) is 8.46. The van der Waals surface area contributed by atoms with E-state index in [0.29, 0.717) is 25.3 Å². The van der Waals surface area contributed by atoms with Crippen LogP contribution >= 0.6 is 0 Å². The summed E-state index contributed by atoms with van der Waals surface area (Å²) in [6.07, 6.45) is 9.29. The molecule has 1 aromatic heterocycles. The predicted octanol–water partition coefficient (Wildman–Crippen LogP) is 4.59. The second-order valence-electron chi connectivity index (χ2n) is 10.6. The van der Waals surface area contributed by atoms with Gasteiger partial charge in [-0.15, -0.1) is 0 Å². The monoisotopic (exact) mass is 451 g/mol. The molecule has 1 aliphatic heterocycles. The number of aryl methyl sites for hydroxylation is 1. The lowest BCUT2D eigenvalue weighted by Gasteiger charge is -2.56. The van der Waals surface area contributed by atoms with Crippen molar-refractivity contribution in [3.05, 3.63) is 35.5 Å². The number of hydrogen-bond donors (Lipinski definition) is 2. The Kier molecular flexibility index (Phi) is 5.76. The van der Waals surface area contributed by atoms with E-state index in [4.69, 9.17) is 0 Å². The van der Waals surface area contributed by atoms with Gasteiger partial charge in [0.05, 0.1) is 11.6 Å². The molecule has 2 aromatic rings. The number of carboxylic acid groups (broad SMARTS) is 1. The molecule has 2 aliphatic carbocycles. The molecule has 6 nitrogen and oxygen atoms in total. The number of likely N-dealkylation sites (tertiary alicyclic amines) is 1. The molecule has 4 atom stereocenters. The number of aromatic nitrogens is 1. The lowest BCUT2D eigenvalue weighted by molar-refractivity contribution is -0.164. The molecule has 1 saturated heterocycles. The van der Waals surface area contributed by atoms with Crippen molar-refractivity contribution >= 4 is 22.8 Å². The smallest absolute Gasteiger partial charge is 0.306 e. The average molecular weight is 452 g/mol. The number of carbonyl (C=O) groups excluding carboxylic acids is 1. The Bertz CT molecular complexity index is 1070. The van der Waals surface area contributed by atoms with Crippen LogP contribution in [0.3, 0.4) is 0 Å². The van der Waals surface area contributed by atoms with Crippen LogP contribution in [0.2, 0.25) is 0 Å². The van der Waals surface area contributed by atoms with Gasteiger partial charge in [-0.25, -0.2) is 0 Å². The summed E-state index contributed by atoms with van der Waals surface area (Å²) in [5, 5.41) is 14.6. The molecule has 3 aliphatic rings. The molecular formula is C27H37N3O3. The van der Waals surface area contributed by atoms with E-state index in [1.54, 1.807) is 0 Å². The van der Waals surface area contributed by atoms with Crippen molar-refractivity contribution in [2.75, 3.05) is 13.6 Å². The van der Waals surface area contributed by atoms with Gasteiger partial charge >= 0.3 is 5.97 Å². The molecule has 6 heteroatoms. The van der Waals surface area contributed by atoms with Crippen LogP contribution in [0, 0.1) is 11.8 Å². The number of rotatable bonds is 6. The Balaban J connectivity index is 1.43. The maximum atomic E-state index is 13.8. The molecular weight excluding hydrogens is 414 g/mol. The molecule has 0 radical (unpaired) electrons. The van der Waals surface area contributed by atoms with E-state index in [1.165, 1.54) is 34.9 Å². The molecule has 1 aromatic carbocycles. The standard InChI is InChI=1S/C27H37N3O3/c1-17(21-16-29(3)23-10-4-7-19(25(21)23)18-11-12-18)15-24(31)30-14-6-9-22-20(26(32)33)8-5-13-27(22,30)28-2/h4,7,10,16-18,20,22,28H,5-6,8-9,11-15H2,1-3H3,(H,32,33). The summed E-state index contributed by atoms with van der Waals surface area (Å²) in [4.78, 5) is 27.8. The maximum Gasteiger partial charge on any atom is 0.306 e. The largest absolute Gasteiger partial charge is 0.481 e. The highest BCUT2D eigenvalue weighted by atomic mass is 16.4. The van der Waals surface area contributed by atoms with Crippen LogP contribution in [0.5, 0.6) is 0 Å². The van der Waals surface area contributed by atoms with Crippen LogP contribution in [0.25, 0.3) is 10.9 Å². The third-order valence-corrected chi connectivity index (χ3v) is 8.71. The molecule has 2 saturated carbocycles. The molecule has 1 amide bonds. The minimum Gasteiger partial charge on any atom is -0.481 e. The molecule has 0 spiro atoms. The minimum atomic E-state index is -0.717. The number of nitrogens with one attached hydrogen (secondary N) is 1. The fraction of sp³-hybridized carbons (Fsp3) is 0.630. The zero-order valence-corrected chi connectivity index (χ0v) is 20.1. The third kappa shape index (κ3) is 3.67. The number of fused-ring (bicyclic) bond motifs is 2. The number of piperidine rings is 1. The molecule has 5 rings (SSSR count). The molecule has 0 bridgehead atoms. The third-order valence-electron chi connectivity index (χ3n) is 8.71. The topological polar surface area (TPSA) is 74.6 Å². The van der Waals surface area contributed by atoms with Crippen LogP contribution in [0.4, 0.5) is 0 Å². The normalized spacial score (nSPS) is 28.5. The number of hydrogen-bond acceptors (Lipinski definition) is 3. The fourth-order valence-corrected chi connectivity index (χ4v) is 6.94. The Morgan fingerprint density at radius 1 is 1.21 bits per heavy atom. The van der Waals surface area contributed by atoms with E-state index in [2.05, 4.69) is 48.3 Å². The van der Waals surface area contributed by atoms with E-state index in [0.717, 1.165) is 25.7 Å². The van der Waals surface area contributed by atoms with E-state index in [1.807, 2.05) is 11.9 Å². The van der Waals surface area contributed by atoms with Crippen molar-refractivity contribution in [2.45, 2.75) is 75.8 Å². The van der Waals surface area contributed by atoms with Crippen molar-refractivity contribution in [3.8, 4) is 0 Å². The summed E-state index contributed by atoms with van der Waals surface area (Å²) in [7, 11) is 4.00. The molecule has 33 heavy (non-hydrogen) atoms.